The highest BCUT2D eigenvalue weighted by Gasteiger charge is 2.32. The van der Waals surface area contributed by atoms with Crippen molar-refractivity contribution in [2.75, 3.05) is 0 Å². The number of ether oxygens (including phenoxy) is 1. The summed E-state index contributed by atoms with van der Waals surface area (Å²) < 4.78 is 4.97. The number of amides is 2. The predicted molar refractivity (Wildman–Crippen MR) is 81.9 cm³/mol. The van der Waals surface area contributed by atoms with E-state index in [-0.39, 0.29) is 17.2 Å². The van der Waals surface area contributed by atoms with Crippen molar-refractivity contribution in [3.63, 3.8) is 0 Å². The molecular formula is C14H15N3O4S. The molecule has 0 aromatic heterocycles. The molecule has 0 spiro atoms. The van der Waals surface area contributed by atoms with Crippen molar-refractivity contribution >= 4 is 34.7 Å². The predicted octanol–water partition coefficient (Wildman–Crippen LogP) is 1.61. The van der Waals surface area contributed by atoms with Gasteiger partial charge in [-0.2, -0.15) is 0 Å². The summed E-state index contributed by atoms with van der Waals surface area (Å²) in [6.07, 6.45) is 0. The number of thioether (sulfide) groups is 1. The van der Waals surface area contributed by atoms with E-state index in [4.69, 9.17) is 4.74 Å². The van der Waals surface area contributed by atoms with Crippen LogP contribution in [0.5, 0.6) is 5.75 Å². The summed E-state index contributed by atoms with van der Waals surface area (Å²) in [6, 6.07) is 6.79. The number of rotatable bonds is 2. The minimum absolute atomic E-state index is 0.234. The first kappa shape index (κ1) is 16.0. The minimum atomic E-state index is -0.398. The molecule has 8 heteroatoms. The third-order valence-electron chi connectivity index (χ3n) is 2.68. The molecule has 1 heterocycles. The number of hydrogen-bond acceptors (Lipinski definition) is 6. The van der Waals surface area contributed by atoms with E-state index in [9.17, 15) is 14.4 Å². The molecule has 0 radical (unpaired) electrons. The number of benzene rings is 1. The van der Waals surface area contributed by atoms with Gasteiger partial charge in [-0.25, -0.2) is 5.01 Å². The lowest BCUT2D eigenvalue weighted by Crippen LogP contribution is -2.25. The van der Waals surface area contributed by atoms with Crippen LogP contribution in [0, 0.1) is 0 Å². The maximum absolute atomic E-state index is 11.7. The number of carbonyl (C=O) groups excluding carboxylic acids is 3. The maximum atomic E-state index is 11.7. The SMILES string of the molecule is CC(=O)NC1=NN(C(C)=O)[C@H](c2ccc(OC(C)=O)cc2)S1. The minimum Gasteiger partial charge on any atom is -0.427 e. The van der Waals surface area contributed by atoms with Crippen LogP contribution in [0.15, 0.2) is 29.4 Å². The first-order valence-corrected chi connectivity index (χ1v) is 7.36. The van der Waals surface area contributed by atoms with Crippen molar-refractivity contribution in [3.05, 3.63) is 29.8 Å². The van der Waals surface area contributed by atoms with E-state index in [2.05, 4.69) is 10.4 Å². The van der Waals surface area contributed by atoms with Gasteiger partial charge in [-0.05, 0) is 17.7 Å². The van der Waals surface area contributed by atoms with Crippen molar-refractivity contribution in [2.45, 2.75) is 26.1 Å². The molecule has 22 heavy (non-hydrogen) atoms. The van der Waals surface area contributed by atoms with Crippen LogP contribution >= 0.6 is 11.8 Å². The zero-order valence-corrected chi connectivity index (χ0v) is 13.1. The van der Waals surface area contributed by atoms with E-state index in [1.54, 1.807) is 24.3 Å². The topological polar surface area (TPSA) is 88.1 Å². The van der Waals surface area contributed by atoms with Gasteiger partial charge in [0.15, 0.2) is 5.17 Å². The van der Waals surface area contributed by atoms with Crippen LogP contribution in [0.25, 0.3) is 0 Å². The average molecular weight is 321 g/mol. The van der Waals surface area contributed by atoms with Gasteiger partial charge in [0.05, 0.1) is 0 Å². The molecule has 1 aliphatic rings. The molecule has 116 valence electrons. The Morgan fingerprint density at radius 3 is 2.32 bits per heavy atom. The fourth-order valence-corrected chi connectivity index (χ4v) is 2.98. The third-order valence-corrected chi connectivity index (χ3v) is 3.78. The highest BCUT2D eigenvalue weighted by molar-refractivity contribution is 8.14. The third kappa shape index (κ3) is 3.85. The summed E-state index contributed by atoms with van der Waals surface area (Å²) in [5.74, 6) is -0.455. The second kappa shape index (κ2) is 6.61. The Balaban J connectivity index is 2.18. The monoisotopic (exact) mass is 321 g/mol. The molecule has 1 aliphatic heterocycles. The van der Waals surface area contributed by atoms with Crippen LogP contribution in [0.3, 0.4) is 0 Å². The zero-order chi connectivity index (χ0) is 16.3. The Kier molecular flexibility index (Phi) is 4.81. The van der Waals surface area contributed by atoms with Crippen molar-refractivity contribution in [3.8, 4) is 5.75 Å². The summed E-state index contributed by atoms with van der Waals surface area (Å²) in [5.41, 5.74) is 0.806. The summed E-state index contributed by atoms with van der Waals surface area (Å²) >= 11 is 1.26. The van der Waals surface area contributed by atoms with Gasteiger partial charge in [-0.15, -0.1) is 5.10 Å². The van der Waals surface area contributed by atoms with Gasteiger partial charge in [0, 0.05) is 20.8 Å². The Morgan fingerprint density at radius 2 is 1.82 bits per heavy atom. The fraction of sp³-hybridized carbons (Fsp3) is 0.286. The highest BCUT2D eigenvalue weighted by atomic mass is 32.2. The number of hydrazone groups is 1. The molecule has 0 unspecified atom stereocenters. The van der Waals surface area contributed by atoms with Gasteiger partial charge in [-0.3, -0.25) is 14.4 Å². The van der Waals surface area contributed by atoms with E-state index in [1.165, 1.54) is 37.5 Å². The van der Waals surface area contributed by atoms with Gasteiger partial charge in [-0.1, -0.05) is 23.9 Å². The fourth-order valence-electron chi connectivity index (χ4n) is 1.85. The van der Waals surface area contributed by atoms with Gasteiger partial charge >= 0.3 is 5.97 Å². The van der Waals surface area contributed by atoms with Crippen molar-refractivity contribution in [2.24, 2.45) is 5.10 Å². The lowest BCUT2D eigenvalue weighted by molar-refractivity contribution is -0.132. The average Bonchev–Trinajstić information content (AvgIpc) is 2.82. The number of amidine groups is 1. The lowest BCUT2D eigenvalue weighted by atomic mass is 10.2. The van der Waals surface area contributed by atoms with Gasteiger partial charge in [0.25, 0.3) is 0 Å². The van der Waals surface area contributed by atoms with E-state index in [1.807, 2.05) is 0 Å². The smallest absolute Gasteiger partial charge is 0.308 e. The molecule has 0 saturated heterocycles. The Morgan fingerprint density at radius 1 is 1.18 bits per heavy atom. The van der Waals surface area contributed by atoms with E-state index in [0.717, 1.165) is 5.56 Å². The highest BCUT2D eigenvalue weighted by Crippen LogP contribution is 2.39. The van der Waals surface area contributed by atoms with Crippen molar-refractivity contribution in [1.29, 1.82) is 0 Å². The molecule has 1 aromatic carbocycles. The van der Waals surface area contributed by atoms with E-state index >= 15 is 0 Å². The summed E-state index contributed by atoms with van der Waals surface area (Å²) in [7, 11) is 0. The number of nitrogens with one attached hydrogen (secondary N) is 1. The molecule has 2 amide bonds. The molecule has 0 fully saturated rings. The number of esters is 1. The van der Waals surface area contributed by atoms with Crippen LogP contribution in [-0.2, 0) is 14.4 Å². The van der Waals surface area contributed by atoms with Gasteiger partial charge < -0.3 is 10.1 Å². The first-order valence-electron chi connectivity index (χ1n) is 6.48. The molecule has 0 saturated carbocycles. The molecule has 2 rings (SSSR count). The lowest BCUT2D eigenvalue weighted by Gasteiger charge is -2.19. The first-order chi connectivity index (χ1) is 10.4. The van der Waals surface area contributed by atoms with E-state index < -0.39 is 5.97 Å². The normalized spacial score (nSPS) is 17.0. The summed E-state index contributed by atoms with van der Waals surface area (Å²) in [6.45, 7) is 4.11. The summed E-state index contributed by atoms with van der Waals surface area (Å²) in [4.78, 5) is 33.7. The molecule has 7 nitrogen and oxygen atoms in total. The number of carbonyl (C=O) groups is 3. The van der Waals surface area contributed by atoms with Crippen molar-refractivity contribution in [1.82, 2.24) is 10.3 Å². The molecular weight excluding hydrogens is 306 g/mol. The largest absolute Gasteiger partial charge is 0.427 e. The second-order valence-electron chi connectivity index (χ2n) is 4.58. The van der Waals surface area contributed by atoms with Crippen LogP contribution < -0.4 is 10.1 Å². The molecule has 1 N–H and O–H groups in total. The number of nitrogens with zero attached hydrogens (tertiary/aromatic N) is 2. The quantitative estimate of drug-likeness (QED) is 0.660. The van der Waals surface area contributed by atoms with Crippen LogP contribution in [0.2, 0.25) is 0 Å². The molecule has 0 bridgehead atoms. The molecule has 1 atom stereocenters. The van der Waals surface area contributed by atoms with Crippen LogP contribution in [-0.4, -0.2) is 28.0 Å². The Hall–Kier alpha value is -2.35. The second-order valence-corrected chi connectivity index (χ2v) is 5.65. The van der Waals surface area contributed by atoms with Crippen molar-refractivity contribution < 1.29 is 19.1 Å². The number of hydrogen-bond donors (Lipinski definition) is 1. The molecule has 0 aliphatic carbocycles. The maximum Gasteiger partial charge on any atom is 0.308 e. The summed E-state index contributed by atoms with van der Waals surface area (Å²) in [5, 5.41) is 7.98. The van der Waals surface area contributed by atoms with E-state index in [0.29, 0.717) is 10.9 Å². The Labute approximate surface area is 131 Å². The van der Waals surface area contributed by atoms with Gasteiger partial charge in [0.1, 0.15) is 11.1 Å². The Bertz CT molecular complexity index is 642. The zero-order valence-electron chi connectivity index (χ0n) is 12.3. The molecule has 1 aromatic rings. The standard InChI is InChI=1S/C14H15N3O4S/c1-8(18)15-14-16-17(9(2)19)13(22-14)11-4-6-12(7-5-11)21-10(3)20/h4-7,13H,1-3H3,(H,15,16,18)/t13-/m0/s1. The van der Waals surface area contributed by atoms with Crippen LogP contribution in [0.4, 0.5) is 0 Å². The van der Waals surface area contributed by atoms with Gasteiger partial charge in [0.2, 0.25) is 11.8 Å². The van der Waals surface area contributed by atoms with Crippen LogP contribution in [0.1, 0.15) is 31.7 Å².